The van der Waals surface area contributed by atoms with Crippen LogP contribution in [0.4, 0.5) is 0 Å². The number of amides is 1. The third-order valence-corrected chi connectivity index (χ3v) is 6.57. The maximum atomic E-state index is 11.9. The van der Waals surface area contributed by atoms with Crippen LogP contribution in [-0.4, -0.2) is 126 Å². The highest BCUT2D eigenvalue weighted by atomic mass is 35.5. The van der Waals surface area contributed by atoms with Crippen molar-refractivity contribution in [1.29, 1.82) is 0 Å². The Morgan fingerprint density at radius 2 is 1.45 bits per heavy atom. The molecule has 0 unspecified atom stereocenters. The SMILES string of the molecule is CCCCCCCCO[C@@H]1O[C@H](CO)[C@@H](O[C@@H]2O[C@H](CO)[C@H](OCC[NH3+])[C@H](O)[C@H]2O)[C@H](O)[C@H]1NC(C)=O.[Cl-]. The molecule has 0 radical (unpaired) electrons. The van der Waals surface area contributed by atoms with Gasteiger partial charge in [0.25, 0.3) is 0 Å². The minimum Gasteiger partial charge on any atom is -1.00 e. The van der Waals surface area contributed by atoms with E-state index in [0.29, 0.717) is 13.2 Å². The number of hydrogen-bond acceptors (Lipinski definition) is 11. The van der Waals surface area contributed by atoms with Crippen molar-refractivity contribution >= 4 is 5.91 Å². The molecule has 0 aromatic rings. The highest BCUT2D eigenvalue weighted by molar-refractivity contribution is 5.73. The molecular weight excluding hydrogens is 528 g/mol. The number of halogens is 1. The predicted octanol–water partition coefficient (Wildman–Crippen LogP) is -5.60. The summed E-state index contributed by atoms with van der Waals surface area (Å²) in [7, 11) is 0. The number of carbonyl (C=O) groups is 1. The number of ether oxygens (including phenoxy) is 5. The number of carbonyl (C=O) groups excluding carboxylic acids is 1. The zero-order valence-electron chi connectivity index (χ0n) is 22.3. The van der Waals surface area contributed by atoms with Crippen LogP contribution in [0.15, 0.2) is 0 Å². The number of quaternary nitrogens is 1. The Kier molecular flexibility index (Phi) is 17.3. The molecule has 2 fully saturated rings. The molecule has 226 valence electrons. The summed E-state index contributed by atoms with van der Waals surface area (Å²) in [5, 5.41) is 54.6. The van der Waals surface area contributed by atoms with Gasteiger partial charge in [0.05, 0.1) is 26.4 Å². The zero-order chi connectivity index (χ0) is 27.4. The number of rotatable bonds is 16. The number of unbranched alkanes of at least 4 members (excludes halogenated alkanes) is 5. The van der Waals surface area contributed by atoms with Crippen molar-refractivity contribution in [1.82, 2.24) is 5.32 Å². The Labute approximate surface area is 230 Å². The summed E-state index contributed by atoms with van der Waals surface area (Å²) in [5.41, 5.74) is 3.65. The van der Waals surface area contributed by atoms with Gasteiger partial charge in [0.2, 0.25) is 5.91 Å². The van der Waals surface area contributed by atoms with Crippen molar-refractivity contribution in [3.8, 4) is 0 Å². The van der Waals surface area contributed by atoms with E-state index in [1.54, 1.807) is 0 Å². The summed E-state index contributed by atoms with van der Waals surface area (Å²) < 4.78 is 28.6. The van der Waals surface area contributed by atoms with E-state index in [0.717, 1.165) is 32.1 Å². The normalized spacial score (nSPS) is 35.5. The lowest BCUT2D eigenvalue weighted by atomic mass is 9.95. The molecule has 2 saturated heterocycles. The molecule has 38 heavy (non-hydrogen) atoms. The molecule has 1 amide bonds. The maximum absolute atomic E-state index is 11.9. The highest BCUT2D eigenvalue weighted by Crippen LogP contribution is 2.30. The van der Waals surface area contributed by atoms with Gasteiger partial charge in [-0.3, -0.25) is 4.79 Å². The molecule has 10 atom stereocenters. The van der Waals surface area contributed by atoms with Gasteiger partial charge in [-0.1, -0.05) is 39.0 Å². The molecule has 0 saturated carbocycles. The first-order chi connectivity index (χ1) is 17.8. The van der Waals surface area contributed by atoms with Gasteiger partial charge in [-0.25, -0.2) is 0 Å². The topological polar surface area (TPSA) is 204 Å². The molecule has 0 spiro atoms. The quantitative estimate of drug-likeness (QED) is 0.0865. The Morgan fingerprint density at radius 3 is 2.05 bits per heavy atom. The van der Waals surface area contributed by atoms with E-state index in [1.165, 1.54) is 13.3 Å². The molecule has 0 aromatic carbocycles. The average molecular weight is 575 g/mol. The molecule has 0 aromatic heterocycles. The van der Waals surface area contributed by atoms with Crippen LogP contribution in [0.1, 0.15) is 52.4 Å². The van der Waals surface area contributed by atoms with Crippen molar-refractivity contribution in [2.45, 2.75) is 114 Å². The molecule has 9 N–H and O–H groups in total. The first-order valence-electron chi connectivity index (χ1n) is 13.3. The van der Waals surface area contributed by atoms with Gasteiger partial charge in [0, 0.05) is 13.5 Å². The fourth-order valence-corrected chi connectivity index (χ4v) is 4.59. The monoisotopic (exact) mass is 574 g/mol. The van der Waals surface area contributed by atoms with Gasteiger partial charge in [0.1, 0.15) is 48.8 Å². The summed E-state index contributed by atoms with van der Waals surface area (Å²) in [6, 6.07) is -1.03. The van der Waals surface area contributed by atoms with E-state index in [1.807, 2.05) is 0 Å². The summed E-state index contributed by atoms with van der Waals surface area (Å²) in [6.45, 7) is 3.28. The van der Waals surface area contributed by atoms with Gasteiger partial charge < -0.3 is 72.7 Å². The molecule has 2 heterocycles. The summed E-state index contributed by atoms with van der Waals surface area (Å²) >= 11 is 0. The first-order valence-corrected chi connectivity index (χ1v) is 13.3. The molecule has 14 heteroatoms. The second kappa shape index (κ2) is 18.6. The van der Waals surface area contributed by atoms with Gasteiger partial charge in [-0.2, -0.15) is 0 Å². The zero-order valence-corrected chi connectivity index (χ0v) is 23.1. The molecule has 2 aliphatic heterocycles. The summed E-state index contributed by atoms with van der Waals surface area (Å²) in [6.07, 6.45) is -5.07. The van der Waals surface area contributed by atoms with Crippen LogP contribution in [0.2, 0.25) is 0 Å². The average Bonchev–Trinajstić information content (AvgIpc) is 2.88. The van der Waals surface area contributed by atoms with Crippen molar-refractivity contribution in [3.05, 3.63) is 0 Å². The van der Waals surface area contributed by atoms with E-state index in [2.05, 4.69) is 18.0 Å². The van der Waals surface area contributed by atoms with E-state index >= 15 is 0 Å². The predicted molar refractivity (Wildman–Crippen MR) is 129 cm³/mol. The third kappa shape index (κ3) is 10.1. The van der Waals surface area contributed by atoms with Crippen LogP contribution in [0.3, 0.4) is 0 Å². The van der Waals surface area contributed by atoms with Gasteiger partial charge in [-0.05, 0) is 6.42 Å². The summed E-state index contributed by atoms with van der Waals surface area (Å²) in [4.78, 5) is 11.9. The van der Waals surface area contributed by atoms with E-state index < -0.39 is 80.5 Å². The second-order valence-corrected chi connectivity index (χ2v) is 9.58. The number of aliphatic hydroxyl groups is 5. The van der Waals surface area contributed by atoms with Crippen LogP contribution >= 0.6 is 0 Å². The first kappa shape index (κ1) is 35.3. The third-order valence-electron chi connectivity index (χ3n) is 6.57. The maximum Gasteiger partial charge on any atom is 0.217 e. The largest absolute Gasteiger partial charge is 1.00 e. The Balaban J connectivity index is 0.00000722. The fraction of sp³-hybridized carbons (Fsp3) is 0.958. The van der Waals surface area contributed by atoms with Gasteiger partial charge in [0.15, 0.2) is 12.6 Å². The van der Waals surface area contributed by atoms with Crippen LogP contribution in [0, 0.1) is 0 Å². The lowest BCUT2D eigenvalue weighted by Crippen LogP contribution is -3.00. The Bertz CT molecular complexity index is 650. The Hall–Kier alpha value is -0.680. The molecule has 0 bridgehead atoms. The van der Waals surface area contributed by atoms with Crippen LogP contribution < -0.4 is 23.5 Å². The number of aliphatic hydroxyl groups excluding tert-OH is 5. The van der Waals surface area contributed by atoms with E-state index in [9.17, 15) is 30.3 Å². The van der Waals surface area contributed by atoms with Crippen molar-refractivity contribution in [2.75, 3.05) is 33.0 Å². The van der Waals surface area contributed by atoms with Crippen molar-refractivity contribution in [3.63, 3.8) is 0 Å². The van der Waals surface area contributed by atoms with E-state index in [-0.39, 0.29) is 19.0 Å². The van der Waals surface area contributed by atoms with Crippen LogP contribution in [-0.2, 0) is 28.5 Å². The van der Waals surface area contributed by atoms with E-state index in [4.69, 9.17) is 23.7 Å². The van der Waals surface area contributed by atoms with Crippen molar-refractivity contribution in [2.24, 2.45) is 0 Å². The van der Waals surface area contributed by atoms with Gasteiger partial charge in [-0.15, -0.1) is 0 Å². The van der Waals surface area contributed by atoms with Crippen molar-refractivity contribution < 1.29 is 72.2 Å². The van der Waals surface area contributed by atoms with Crippen LogP contribution in [0.25, 0.3) is 0 Å². The van der Waals surface area contributed by atoms with Crippen LogP contribution in [0.5, 0.6) is 0 Å². The molecule has 2 aliphatic rings. The molecule has 2 rings (SSSR count). The fourth-order valence-electron chi connectivity index (χ4n) is 4.59. The summed E-state index contributed by atoms with van der Waals surface area (Å²) in [5.74, 6) is -0.433. The Morgan fingerprint density at radius 1 is 0.842 bits per heavy atom. The lowest BCUT2D eigenvalue weighted by molar-refractivity contribution is -0.384. The molecule has 13 nitrogen and oxygen atoms in total. The molecule has 0 aliphatic carbocycles. The number of nitrogens with one attached hydrogen (secondary N) is 1. The minimum absolute atomic E-state index is 0. The standard InChI is InChI=1S/C24H46N2O11.ClH/c1-3-4-5-6-7-8-10-34-23-17(26-14(2)29)18(30)22(16(13-28)35-23)37-24-20(32)19(31)21(33-11-9-25)15(12-27)36-24;/h15-24,27-28,30-32H,3-13,25H2,1-2H3,(H,26,29);1H/t15-,16-,17-,18-,19-,20-,21+,22-,23-,24+;/m1./s1. The molecular formula is C24H47ClN2O11. The van der Waals surface area contributed by atoms with Gasteiger partial charge >= 0.3 is 0 Å². The number of hydrogen-bond donors (Lipinski definition) is 7. The highest BCUT2D eigenvalue weighted by Gasteiger charge is 2.51. The smallest absolute Gasteiger partial charge is 0.217 e. The minimum atomic E-state index is -1.59. The second-order valence-electron chi connectivity index (χ2n) is 9.58. The lowest BCUT2D eigenvalue weighted by Gasteiger charge is -2.47.